The number of aliphatic hydroxyl groups excluding tert-OH is 1. The fraction of sp³-hybridized carbons (Fsp3) is 0.250. The van der Waals surface area contributed by atoms with Crippen LogP contribution in [0.2, 0.25) is 5.02 Å². The highest BCUT2D eigenvalue weighted by Crippen LogP contribution is 2.22. The van der Waals surface area contributed by atoms with E-state index in [0.717, 1.165) is 0 Å². The molecule has 0 unspecified atom stereocenters. The molecule has 0 radical (unpaired) electrons. The number of rotatable bonds is 5. The molecular formula is C12H13ClN2O5S. The van der Waals surface area contributed by atoms with Crippen LogP contribution in [0.4, 0.5) is 4.79 Å². The van der Waals surface area contributed by atoms with Crippen LogP contribution in [0.25, 0.3) is 0 Å². The normalized spacial score (nSPS) is 10.6. The van der Waals surface area contributed by atoms with E-state index < -0.39 is 16.1 Å². The maximum atomic E-state index is 12.0. The lowest BCUT2D eigenvalue weighted by molar-refractivity contribution is 0.159. The van der Waals surface area contributed by atoms with Crippen LogP contribution >= 0.6 is 11.6 Å². The molecule has 0 heterocycles. The number of aliphatic hydroxyl groups is 1. The molecule has 0 saturated heterocycles. The third-order valence-electron chi connectivity index (χ3n) is 2.17. The van der Waals surface area contributed by atoms with Crippen LogP contribution in [0, 0.1) is 11.8 Å². The molecule has 1 rings (SSSR count). The minimum absolute atomic E-state index is 0.0111. The molecule has 0 atom stereocenters. The van der Waals surface area contributed by atoms with E-state index in [1.54, 1.807) is 0 Å². The lowest BCUT2D eigenvalue weighted by Gasteiger charge is -2.08. The van der Waals surface area contributed by atoms with Crippen molar-refractivity contribution in [2.45, 2.75) is 4.90 Å². The average Bonchev–Trinajstić information content (AvgIpc) is 2.41. The van der Waals surface area contributed by atoms with Crippen molar-refractivity contribution in [1.29, 1.82) is 0 Å². The fourth-order valence-electron chi connectivity index (χ4n) is 1.34. The second-order valence-electron chi connectivity index (χ2n) is 3.67. The standard InChI is InChI=1S/C12H13ClN2O5S/c13-10-8-9(2-1-6-16)3-4-11(10)21(18,19)15-5-7-20-12(14)17/h3-4,8,15-16H,5-7H2,(H2,14,17). The van der Waals surface area contributed by atoms with Crippen molar-refractivity contribution in [3.63, 3.8) is 0 Å². The van der Waals surface area contributed by atoms with Gasteiger partial charge in [0.25, 0.3) is 0 Å². The van der Waals surface area contributed by atoms with Gasteiger partial charge in [-0.3, -0.25) is 0 Å². The zero-order chi connectivity index (χ0) is 15.9. The van der Waals surface area contributed by atoms with Crippen LogP contribution in [-0.2, 0) is 14.8 Å². The van der Waals surface area contributed by atoms with Crippen molar-refractivity contribution in [2.75, 3.05) is 19.8 Å². The lowest BCUT2D eigenvalue weighted by Crippen LogP contribution is -2.29. The second kappa shape index (κ2) is 7.85. The lowest BCUT2D eigenvalue weighted by atomic mass is 10.2. The summed E-state index contributed by atoms with van der Waals surface area (Å²) in [4.78, 5) is 10.2. The second-order valence-corrected chi connectivity index (χ2v) is 5.81. The van der Waals surface area contributed by atoms with Gasteiger partial charge in [0.15, 0.2) is 0 Å². The quantitative estimate of drug-likeness (QED) is 0.520. The van der Waals surface area contributed by atoms with E-state index in [1.165, 1.54) is 18.2 Å². The third kappa shape index (κ3) is 5.61. The summed E-state index contributed by atoms with van der Waals surface area (Å²) in [5.74, 6) is 5.03. The van der Waals surface area contributed by atoms with Gasteiger partial charge in [-0.1, -0.05) is 23.4 Å². The van der Waals surface area contributed by atoms with E-state index in [0.29, 0.717) is 5.56 Å². The number of amides is 1. The van der Waals surface area contributed by atoms with Gasteiger partial charge in [0, 0.05) is 12.1 Å². The van der Waals surface area contributed by atoms with Crippen molar-refractivity contribution in [3.05, 3.63) is 28.8 Å². The predicted molar refractivity (Wildman–Crippen MR) is 76.1 cm³/mol. The van der Waals surface area contributed by atoms with Gasteiger partial charge in [0.2, 0.25) is 10.0 Å². The van der Waals surface area contributed by atoms with Crippen molar-refractivity contribution in [1.82, 2.24) is 4.72 Å². The first-order valence-corrected chi connectivity index (χ1v) is 7.54. The first-order chi connectivity index (χ1) is 9.86. The number of carbonyl (C=O) groups excluding carboxylic acids is 1. The van der Waals surface area contributed by atoms with Gasteiger partial charge < -0.3 is 15.6 Å². The number of sulfonamides is 1. The summed E-state index contributed by atoms with van der Waals surface area (Å²) in [6.07, 6.45) is -0.987. The molecule has 0 aliphatic carbocycles. The van der Waals surface area contributed by atoms with Crippen molar-refractivity contribution in [3.8, 4) is 11.8 Å². The zero-order valence-corrected chi connectivity index (χ0v) is 12.4. The van der Waals surface area contributed by atoms with Gasteiger partial charge in [-0.05, 0) is 18.2 Å². The molecule has 4 N–H and O–H groups in total. The maximum Gasteiger partial charge on any atom is 0.404 e. The van der Waals surface area contributed by atoms with Crippen LogP contribution in [-0.4, -0.2) is 39.4 Å². The van der Waals surface area contributed by atoms with E-state index in [-0.39, 0.29) is 29.7 Å². The van der Waals surface area contributed by atoms with Gasteiger partial charge in [-0.25, -0.2) is 17.9 Å². The van der Waals surface area contributed by atoms with E-state index in [1.807, 2.05) is 0 Å². The van der Waals surface area contributed by atoms with Gasteiger partial charge in [-0.15, -0.1) is 0 Å². The molecule has 9 heteroatoms. The summed E-state index contributed by atoms with van der Waals surface area (Å²) in [6.45, 7) is -0.626. The number of hydrogen-bond acceptors (Lipinski definition) is 5. The van der Waals surface area contributed by atoms with Crippen LogP contribution in [0.3, 0.4) is 0 Å². The number of hydrogen-bond donors (Lipinski definition) is 3. The number of ether oxygens (including phenoxy) is 1. The molecule has 0 aliphatic heterocycles. The Morgan fingerprint density at radius 3 is 2.76 bits per heavy atom. The number of carbonyl (C=O) groups is 1. The Morgan fingerprint density at radius 1 is 1.48 bits per heavy atom. The van der Waals surface area contributed by atoms with E-state index in [4.69, 9.17) is 22.4 Å². The van der Waals surface area contributed by atoms with Crippen LogP contribution in [0.15, 0.2) is 23.1 Å². The number of nitrogens with one attached hydrogen (secondary N) is 1. The number of primary amides is 1. The maximum absolute atomic E-state index is 12.0. The highest BCUT2D eigenvalue weighted by Gasteiger charge is 2.17. The molecule has 0 bridgehead atoms. The van der Waals surface area contributed by atoms with E-state index in [2.05, 4.69) is 21.3 Å². The largest absolute Gasteiger partial charge is 0.448 e. The molecule has 7 nitrogen and oxygen atoms in total. The monoisotopic (exact) mass is 332 g/mol. The third-order valence-corrected chi connectivity index (χ3v) is 4.12. The molecular weight excluding hydrogens is 320 g/mol. The molecule has 21 heavy (non-hydrogen) atoms. The Labute approximate surface area is 127 Å². The summed E-state index contributed by atoms with van der Waals surface area (Å²) >= 11 is 5.90. The highest BCUT2D eigenvalue weighted by atomic mass is 35.5. The van der Waals surface area contributed by atoms with Crippen molar-refractivity contribution < 1.29 is 23.1 Å². The molecule has 0 spiro atoms. The topological polar surface area (TPSA) is 119 Å². The first-order valence-electron chi connectivity index (χ1n) is 5.68. The summed E-state index contributed by atoms with van der Waals surface area (Å²) in [6, 6.07) is 4.13. The molecule has 1 aromatic rings. The molecule has 114 valence electrons. The number of benzene rings is 1. The predicted octanol–water partition coefficient (Wildman–Crippen LogP) is 0.0574. The molecule has 0 saturated carbocycles. The average molecular weight is 333 g/mol. The molecule has 0 fully saturated rings. The summed E-state index contributed by atoms with van der Waals surface area (Å²) in [7, 11) is -3.84. The SMILES string of the molecule is NC(=O)OCCNS(=O)(=O)c1ccc(C#CCO)cc1Cl. The smallest absolute Gasteiger partial charge is 0.404 e. The van der Waals surface area contributed by atoms with Crippen molar-refractivity contribution in [2.24, 2.45) is 5.73 Å². The van der Waals surface area contributed by atoms with E-state index in [9.17, 15) is 13.2 Å². The first kappa shape index (κ1) is 17.3. The molecule has 1 aromatic carbocycles. The zero-order valence-electron chi connectivity index (χ0n) is 10.8. The Balaban J connectivity index is 2.81. The van der Waals surface area contributed by atoms with Gasteiger partial charge in [0.1, 0.15) is 18.1 Å². The minimum Gasteiger partial charge on any atom is -0.448 e. The van der Waals surface area contributed by atoms with Crippen LogP contribution in [0.5, 0.6) is 0 Å². The summed E-state index contributed by atoms with van der Waals surface area (Å²) in [5.41, 5.74) is 5.22. The van der Waals surface area contributed by atoms with Crippen LogP contribution in [0.1, 0.15) is 5.56 Å². The Kier molecular flexibility index (Phi) is 6.45. The van der Waals surface area contributed by atoms with E-state index >= 15 is 0 Å². The van der Waals surface area contributed by atoms with Crippen molar-refractivity contribution >= 4 is 27.7 Å². The Morgan fingerprint density at radius 2 is 2.19 bits per heavy atom. The fourth-order valence-corrected chi connectivity index (χ4v) is 2.90. The molecule has 0 aromatic heterocycles. The minimum atomic E-state index is -3.84. The van der Waals surface area contributed by atoms with Gasteiger partial charge in [-0.2, -0.15) is 0 Å². The Bertz CT molecular complexity index is 679. The van der Waals surface area contributed by atoms with Crippen LogP contribution < -0.4 is 10.5 Å². The summed E-state index contributed by atoms with van der Waals surface area (Å²) < 4.78 is 30.6. The molecule has 1 amide bonds. The number of halogens is 1. The van der Waals surface area contributed by atoms with Gasteiger partial charge in [0.05, 0.1) is 5.02 Å². The Hall–Kier alpha value is -1.79. The highest BCUT2D eigenvalue weighted by molar-refractivity contribution is 7.89. The number of nitrogens with two attached hydrogens (primary N) is 1. The van der Waals surface area contributed by atoms with Gasteiger partial charge >= 0.3 is 6.09 Å². The molecule has 0 aliphatic rings. The summed E-state index contributed by atoms with van der Waals surface area (Å²) in [5, 5.41) is 8.57.